The zero-order valence-electron chi connectivity index (χ0n) is 12.9. The van der Waals surface area contributed by atoms with Gasteiger partial charge < -0.3 is 10.3 Å². The minimum Gasteiger partial charge on any atom is -0.313 e. The molecule has 4 nitrogen and oxygen atoms in total. The maximum Gasteiger partial charge on any atom is 0.248 e. The number of nitrogens with zero attached hydrogens (tertiary/aromatic N) is 2. The number of aliphatic imine (C=N–C) groups is 1. The zero-order chi connectivity index (χ0) is 15.2. The number of carbonyl (C=O) groups excluding carboxylic acids is 1. The van der Waals surface area contributed by atoms with Crippen molar-refractivity contribution in [1.29, 1.82) is 5.41 Å². The topological polar surface area (TPSA) is 56.5 Å². The molecule has 1 heterocycles. The summed E-state index contributed by atoms with van der Waals surface area (Å²) < 4.78 is 0. The van der Waals surface area contributed by atoms with Gasteiger partial charge in [-0.3, -0.25) is 9.79 Å². The molecule has 1 aliphatic rings. The van der Waals surface area contributed by atoms with Crippen LogP contribution in [-0.4, -0.2) is 30.9 Å². The third kappa shape index (κ3) is 3.57. The van der Waals surface area contributed by atoms with Crippen molar-refractivity contribution in [3.05, 3.63) is 29.8 Å². The number of likely N-dealkylation sites (N-methyl/N-ethyl adjacent to an activating group) is 1. The van der Waals surface area contributed by atoms with Crippen LogP contribution in [0.1, 0.15) is 44.6 Å². The molecular weight excluding hydrogens is 262 g/mol. The second-order valence-electron chi connectivity index (χ2n) is 5.42. The first-order valence-electron chi connectivity index (χ1n) is 7.63. The molecule has 1 aromatic carbocycles. The lowest BCUT2D eigenvalue weighted by Gasteiger charge is -2.17. The maximum absolute atomic E-state index is 12.0. The third-order valence-electron chi connectivity index (χ3n) is 3.83. The lowest BCUT2D eigenvalue weighted by atomic mass is 9.99. The molecule has 4 heteroatoms. The van der Waals surface area contributed by atoms with Crippen molar-refractivity contribution in [1.82, 2.24) is 0 Å². The Morgan fingerprint density at radius 2 is 2.05 bits per heavy atom. The molecule has 1 amide bonds. The summed E-state index contributed by atoms with van der Waals surface area (Å²) in [4.78, 5) is 18.0. The number of hydrogen-bond donors (Lipinski definition) is 1. The number of rotatable bonds is 6. The summed E-state index contributed by atoms with van der Waals surface area (Å²) in [5, 5.41) is 8.32. The highest BCUT2D eigenvalue weighted by atomic mass is 16.2. The number of fused-ring (bicyclic) bond motifs is 1. The lowest BCUT2D eigenvalue weighted by Crippen LogP contribution is -2.27. The van der Waals surface area contributed by atoms with Gasteiger partial charge in [0.2, 0.25) is 5.91 Å². The average Bonchev–Trinajstić information content (AvgIpc) is 2.62. The molecule has 0 saturated heterocycles. The molecule has 1 N–H and O–H groups in total. The SMILES string of the molecule is CCCCCCC(=N)C1=NCC(=O)N(C)c2ccccc21. The van der Waals surface area contributed by atoms with Crippen LogP contribution < -0.4 is 4.90 Å². The maximum atomic E-state index is 12.0. The smallest absolute Gasteiger partial charge is 0.248 e. The molecule has 0 fully saturated rings. The van der Waals surface area contributed by atoms with Crippen molar-refractivity contribution >= 4 is 23.0 Å². The number of unbranched alkanes of at least 4 members (excludes halogenated alkanes) is 3. The van der Waals surface area contributed by atoms with Crippen molar-refractivity contribution in [2.75, 3.05) is 18.5 Å². The minimum atomic E-state index is -0.0313. The molecule has 0 spiro atoms. The molecule has 2 rings (SSSR count). The van der Waals surface area contributed by atoms with Gasteiger partial charge in [0.1, 0.15) is 6.54 Å². The minimum absolute atomic E-state index is 0.0313. The first kappa shape index (κ1) is 15.4. The Kier molecular flexibility index (Phi) is 5.26. The van der Waals surface area contributed by atoms with Crippen LogP contribution in [-0.2, 0) is 4.79 Å². The van der Waals surface area contributed by atoms with Crippen LogP contribution in [0.2, 0.25) is 0 Å². The summed E-state index contributed by atoms with van der Waals surface area (Å²) in [5.41, 5.74) is 2.96. The summed E-state index contributed by atoms with van der Waals surface area (Å²) in [6.07, 6.45) is 5.28. The number of benzene rings is 1. The van der Waals surface area contributed by atoms with Gasteiger partial charge in [-0.15, -0.1) is 0 Å². The van der Waals surface area contributed by atoms with E-state index in [1.54, 1.807) is 11.9 Å². The van der Waals surface area contributed by atoms with E-state index >= 15 is 0 Å². The standard InChI is InChI=1S/C17H23N3O/c1-3-4-5-6-10-14(18)17-13-9-7-8-11-15(13)20(2)16(21)12-19-17/h7-9,11,18H,3-6,10,12H2,1-2H3. The molecule has 0 bridgehead atoms. The van der Waals surface area contributed by atoms with E-state index in [1.165, 1.54) is 12.8 Å². The fraction of sp³-hybridized carbons (Fsp3) is 0.471. The third-order valence-corrected chi connectivity index (χ3v) is 3.83. The quantitative estimate of drug-likeness (QED) is 0.631. The number of nitrogens with one attached hydrogen (secondary N) is 1. The van der Waals surface area contributed by atoms with Crippen LogP contribution in [0.3, 0.4) is 0 Å². The van der Waals surface area contributed by atoms with E-state index < -0.39 is 0 Å². The zero-order valence-corrected chi connectivity index (χ0v) is 12.9. The van der Waals surface area contributed by atoms with E-state index in [0.717, 1.165) is 30.5 Å². The van der Waals surface area contributed by atoms with Crippen molar-refractivity contribution < 1.29 is 4.79 Å². The van der Waals surface area contributed by atoms with Crippen LogP contribution in [0.25, 0.3) is 0 Å². The number of carbonyl (C=O) groups is 1. The molecule has 1 aliphatic heterocycles. The van der Waals surface area contributed by atoms with Crippen LogP contribution in [0.15, 0.2) is 29.3 Å². The van der Waals surface area contributed by atoms with Crippen LogP contribution >= 0.6 is 0 Å². The highest BCUT2D eigenvalue weighted by molar-refractivity contribution is 6.49. The fourth-order valence-electron chi connectivity index (χ4n) is 2.54. The van der Waals surface area contributed by atoms with Crippen molar-refractivity contribution in [3.8, 4) is 0 Å². The predicted octanol–water partition coefficient (Wildman–Crippen LogP) is 3.44. The van der Waals surface area contributed by atoms with Crippen molar-refractivity contribution in [2.24, 2.45) is 4.99 Å². The van der Waals surface area contributed by atoms with Gasteiger partial charge in [-0.05, 0) is 18.9 Å². The highest BCUT2D eigenvalue weighted by Gasteiger charge is 2.22. The Morgan fingerprint density at radius 1 is 1.29 bits per heavy atom. The van der Waals surface area contributed by atoms with E-state index in [1.807, 2.05) is 24.3 Å². The Hall–Kier alpha value is -1.97. The summed E-state index contributed by atoms with van der Waals surface area (Å²) in [6, 6.07) is 7.71. The van der Waals surface area contributed by atoms with E-state index in [-0.39, 0.29) is 12.5 Å². The van der Waals surface area contributed by atoms with Gasteiger partial charge in [-0.2, -0.15) is 0 Å². The highest BCUT2D eigenvalue weighted by Crippen LogP contribution is 2.24. The first-order chi connectivity index (χ1) is 10.1. The van der Waals surface area contributed by atoms with Gasteiger partial charge in [-0.25, -0.2) is 0 Å². The molecule has 1 aromatic rings. The normalized spacial score (nSPS) is 14.5. The molecule has 0 aromatic heterocycles. The van der Waals surface area contributed by atoms with E-state index in [2.05, 4.69) is 11.9 Å². The van der Waals surface area contributed by atoms with E-state index in [9.17, 15) is 4.79 Å². The first-order valence-corrected chi connectivity index (χ1v) is 7.63. The Balaban J connectivity index is 2.20. The van der Waals surface area contributed by atoms with Crippen molar-refractivity contribution in [2.45, 2.75) is 39.0 Å². The van der Waals surface area contributed by atoms with Crippen LogP contribution in [0.5, 0.6) is 0 Å². The Morgan fingerprint density at radius 3 is 2.81 bits per heavy atom. The Bertz CT molecular complexity index is 563. The predicted molar refractivity (Wildman–Crippen MR) is 87.7 cm³/mol. The van der Waals surface area contributed by atoms with Gasteiger partial charge in [0.25, 0.3) is 0 Å². The van der Waals surface area contributed by atoms with Gasteiger partial charge in [0.05, 0.1) is 17.1 Å². The molecule has 0 unspecified atom stereocenters. The Labute approximate surface area is 126 Å². The number of para-hydroxylation sites is 1. The molecule has 0 atom stereocenters. The van der Waals surface area contributed by atoms with E-state index in [4.69, 9.17) is 5.41 Å². The van der Waals surface area contributed by atoms with Gasteiger partial charge in [-0.1, -0.05) is 44.4 Å². The molecular formula is C17H23N3O. The fourth-order valence-corrected chi connectivity index (χ4v) is 2.54. The molecule has 21 heavy (non-hydrogen) atoms. The van der Waals surface area contributed by atoms with Crippen LogP contribution in [0, 0.1) is 5.41 Å². The summed E-state index contributed by atoms with van der Waals surface area (Å²) in [5.74, 6) is -0.0313. The lowest BCUT2D eigenvalue weighted by molar-refractivity contribution is -0.116. The van der Waals surface area contributed by atoms with Crippen LogP contribution in [0.4, 0.5) is 5.69 Å². The second-order valence-corrected chi connectivity index (χ2v) is 5.42. The second kappa shape index (κ2) is 7.16. The van der Waals surface area contributed by atoms with Crippen molar-refractivity contribution in [3.63, 3.8) is 0 Å². The molecule has 0 aliphatic carbocycles. The molecule has 0 saturated carbocycles. The number of hydrogen-bond acceptors (Lipinski definition) is 3. The molecule has 0 radical (unpaired) electrons. The number of anilines is 1. The van der Waals surface area contributed by atoms with Gasteiger partial charge in [0, 0.05) is 12.6 Å². The van der Waals surface area contributed by atoms with Gasteiger partial charge in [0.15, 0.2) is 0 Å². The summed E-state index contributed by atoms with van der Waals surface area (Å²) in [7, 11) is 1.77. The summed E-state index contributed by atoms with van der Waals surface area (Å²) in [6.45, 7) is 2.30. The molecule has 112 valence electrons. The average molecular weight is 285 g/mol. The number of benzodiazepines with no additional fused rings is 1. The number of amides is 1. The summed E-state index contributed by atoms with van der Waals surface area (Å²) >= 11 is 0. The monoisotopic (exact) mass is 285 g/mol. The largest absolute Gasteiger partial charge is 0.313 e. The van der Waals surface area contributed by atoms with Gasteiger partial charge >= 0.3 is 0 Å². The van der Waals surface area contributed by atoms with E-state index in [0.29, 0.717) is 11.4 Å².